The lowest BCUT2D eigenvalue weighted by atomic mass is 10.1. The number of piperazine rings is 1. The van der Waals surface area contributed by atoms with Gasteiger partial charge in [-0.25, -0.2) is 4.98 Å². The average Bonchev–Trinajstić information content (AvgIpc) is 3.18. The summed E-state index contributed by atoms with van der Waals surface area (Å²) >= 11 is 3.33. The number of amides is 2. The van der Waals surface area contributed by atoms with E-state index < -0.39 is 11.7 Å². The number of ketones is 1. The molecule has 0 unspecified atom stereocenters. The van der Waals surface area contributed by atoms with Crippen LogP contribution in [0.25, 0.3) is 10.9 Å². The maximum absolute atomic E-state index is 12.9. The first-order valence-corrected chi connectivity index (χ1v) is 9.94. The molecule has 0 aromatic carbocycles. The molecule has 0 saturated carbocycles. The highest BCUT2D eigenvalue weighted by Gasteiger charge is 2.34. The van der Waals surface area contributed by atoms with E-state index >= 15 is 0 Å². The van der Waals surface area contributed by atoms with Gasteiger partial charge in [0.1, 0.15) is 10.3 Å². The largest absolute Gasteiger partial charge is 0.358 e. The number of rotatable bonds is 3. The second kappa shape index (κ2) is 7.75. The van der Waals surface area contributed by atoms with E-state index in [2.05, 4.69) is 30.9 Å². The first kappa shape index (κ1) is 19.3. The Bertz CT molecular complexity index is 1100. The fraction of sp³-hybridized carbons (Fsp3) is 0.250. The molecule has 1 saturated heterocycles. The molecule has 4 heterocycles. The first-order valence-electron chi connectivity index (χ1n) is 9.14. The van der Waals surface area contributed by atoms with E-state index in [1.807, 2.05) is 6.92 Å². The van der Waals surface area contributed by atoms with Crippen LogP contribution in [0.3, 0.4) is 0 Å². The van der Waals surface area contributed by atoms with Gasteiger partial charge in [-0.05, 0) is 41.1 Å². The van der Waals surface area contributed by atoms with Gasteiger partial charge >= 0.3 is 0 Å². The highest BCUT2D eigenvalue weighted by molar-refractivity contribution is 9.10. The molecule has 0 radical (unpaired) electrons. The zero-order chi connectivity index (χ0) is 20.5. The molecule has 1 fully saturated rings. The predicted molar refractivity (Wildman–Crippen MR) is 109 cm³/mol. The number of fused-ring (bicyclic) bond motifs is 1. The molecule has 1 N–H and O–H groups in total. The second-order valence-corrected chi connectivity index (χ2v) is 7.62. The molecule has 9 heteroatoms. The number of carbonyl (C=O) groups excluding carboxylic acids is 3. The van der Waals surface area contributed by atoms with Gasteiger partial charge in [-0.1, -0.05) is 6.07 Å². The normalized spacial score (nSPS) is 16.8. The van der Waals surface area contributed by atoms with Gasteiger partial charge in [0.05, 0.1) is 11.1 Å². The molecular weight excluding hydrogens is 438 g/mol. The number of carbonyl (C=O) groups is 3. The summed E-state index contributed by atoms with van der Waals surface area (Å²) in [4.78, 5) is 52.8. The average molecular weight is 456 g/mol. The van der Waals surface area contributed by atoms with Crippen LogP contribution in [0.15, 0.2) is 47.5 Å². The van der Waals surface area contributed by atoms with E-state index in [0.717, 1.165) is 0 Å². The minimum atomic E-state index is -0.578. The molecular formula is C20H18BrN5O3. The number of nitrogens with zero attached hydrogens (tertiary/aromatic N) is 4. The SMILES string of the molecule is C[C@H]1CN(C(=O)c2ccccn2)CCN1C(=O)C(=O)c1c[nH]c2c(Br)nccc12. The Morgan fingerprint density at radius 2 is 1.97 bits per heavy atom. The number of H-pyrrole nitrogens is 1. The van der Waals surface area contributed by atoms with E-state index in [9.17, 15) is 14.4 Å². The number of aromatic amines is 1. The quantitative estimate of drug-likeness (QED) is 0.371. The third kappa shape index (κ3) is 3.53. The summed E-state index contributed by atoms with van der Waals surface area (Å²) in [6.07, 6.45) is 4.68. The summed E-state index contributed by atoms with van der Waals surface area (Å²) in [7, 11) is 0. The van der Waals surface area contributed by atoms with E-state index in [0.29, 0.717) is 39.9 Å². The van der Waals surface area contributed by atoms with Crippen LogP contribution in [0, 0.1) is 0 Å². The molecule has 0 spiro atoms. The van der Waals surface area contributed by atoms with Crippen LogP contribution < -0.4 is 0 Å². The second-order valence-electron chi connectivity index (χ2n) is 6.87. The lowest BCUT2D eigenvalue weighted by molar-refractivity contribution is -0.130. The lowest BCUT2D eigenvalue weighted by Crippen LogP contribution is -2.56. The van der Waals surface area contributed by atoms with Gasteiger partial charge in [0.25, 0.3) is 17.6 Å². The maximum Gasteiger partial charge on any atom is 0.295 e. The molecule has 1 atom stereocenters. The fourth-order valence-corrected chi connectivity index (χ4v) is 3.99. The number of Topliss-reactive ketones (excluding diaryl/α,β-unsaturated/α-hetero) is 1. The summed E-state index contributed by atoms with van der Waals surface area (Å²) in [6, 6.07) is 6.59. The van der Waals surface area contributed by atoms with Crippen molar-refractivity contribution in [3.8, 4) is 0 Å². The highest BCUT2D eigenvalue weighted by atomic mass is 79.9. The number of halogens is 1. The Labute approximate surface area is 175 Å². The number of pyridine rings is 2. The van der Waals surface area contributed by atoms with Crippen molar-refractivity contribution in [3.05, 3.63) is 58.7 Å². The standard InChI is InChI=1S/C20H18BrN5O3/c1-12-11-25(19(28)15-4-2-3-6-22-15)8-9-26(12)20(29)17(27)14-10-24-16-13(14)5-7-23-18(16)21/h2-7,10,12,24H,8-9,11H2,1H3/t12-/m0/s1. The highest BCUT2D eigenvalue weighted by Crippen LogP contribution is 2.25. The Kier molecular flexibility index (Phi) is 5.14. The summed E-state index contributed by atoms with van der Waals surface area (Å²) in [6.45, 7) is 2.82. The Hall–Kier alpha value is -3.07. The van der Waals surface area contributed by atoms with E-state index in [1.165, 1.54) is 11.1 Å². The van der Waals surface area contributed by atoms with Crippen LogP contribution in [-0.4, -0.2) is 68.0 Å². The molecule has 3 aromatic heterocycles. The fourth-order valence-electron chi connectivity index (χ4n) is 3.55. The van der Waals surface area contributed by atoms with Gasteiger partial charge in [0.15, 0.2) is 0 Å². The molecule has 29 heavy (non-hydrogen) atoms. The van der Waals surface area contributed by atoms with Crippen LogP contribution >= 0.6 is 15.9 Å². The molecule has 2 amide bonds. The molecule has 8 nitrogen and oxygen atoms in total. The van der Waals surface area contributed by atoms with Crippen LogP contribution in [0.1, 0.15) is 27.8 Å². The monoisotopic (exact) mass is 455 g/mol. The Morgan fingerprint density at radius 3 is 2.69 bits per heavy atom. The smallest absolute Gasteiger partial charge is 0.295 e. The van der Waals surface area contributed by atoms with E-state index in [1.54, 1.807) is 41.6 Å². The van der Waals surface area contributed by atoms with Crippen molar-refractivity contribution in [2.45, 2.75) is 13.0 Å². The van der Waals surface area contributed by atoms with Gasteiger partial charge in [-0.15, -0.1) is 0 Å². The van der Waals surface area contributed by atoms with Gasteiger partial charge in [0, 0.05) is 49.7 Å². The number of hydrogen-bond donors (Lipinski definition) is 1. The van der Waals surface area contributed by atoms with Gasteiger partial charge in [-0.3, -0.25) is 19.4 Å². The molecule has 0 aliphatic carbocycles. The topological polar surface area (TPSA) is 99.3 Å². The van der Waals surface area contributed by atoms with Crippen molar-refractivity contribution in [3.63, 3.8) is 0 Å². The summed E-state index contributed by atoms with van der Waals surface area (Å²) in [5, 5.41) is 0.641. The van der Waals surface area contributed by atoms with Crippen LogP contribution in [-0.2, 0) is 4.79 Å². The predicted octanol–water partition coefficient (Wildman–Crippen LogP) is 2.28. The minimum absolute atomic E-state index is 0.176. The van der Waals surface area contributed by atoms with Crippen LogP contribution in [0.2, 0.25) is 0 Å². The molecule has 3 aromatic rings. The van der Waals surface area contributed by atoms with E-state index in [4.69, 9.17) is 0 Å². The third-order valence-corrected chi connectivity index (χ3v) is 5.66. The first-order chi connectivity index (χ1) is 14.0. The van der Waals surface area contributed by atoms with Gasteiger partial charge < -0.3 is 14.8 Å². The molecule has 1 aliphatic heterocycles. The van der Waals surface area contributed by atoms with Gasteiger partial charge in [-0.2, -0.15) is 0 Å². The zero-order valence-electron chi connectivity index (χ0n) is 15.6. The lowest BCUT2D eigenvalue weighted by Gasteiger charge is -2.39. The summed E-state index contributed by atoms with van der Waals surface area (Å²) < 4.78 is 0.580. The summed E-state index contributed by atoms with van der Waals surface area (Å²) in [5.41, 5.74) is 1.35. The Morgan fingerprint density at radius 1 is 1.14 bits per heavy atom. The number of aromatic nitrogens is 3. The van der Waals surface area contributed by atoms with Crippen molar-refractivity contribution in [2.24, 2.45) is 0 Å². The van der Waals surface area contributed by atoms with Crippen LogP contribution in [0.5, 0.6) is 0 Å². The molecule has 4 rings (SSSR count). The van der Waals surface area contributed by atoms with Crippen molar-refractivity contribution in [1.29, 1.82) is 0 Å². The van der Waals surface area contributed by atoms with Crippen molar-refractivity contribution < 1.29 is 14.4 Å². The van der Waals surface area contributed by atoms with Crippen LogP contribution in [0.4, 0.5) is 0 Å². The van der Waals surface area contributed by atoms with Gasteiger partial charge in [0.2, 0.25) is 0 Å². The summed E-state index contributed by atoms with van der Waals surface area (Å²) in [5.74, 6) is -1.33. The Balaban J connectivity index is 1.49. The number of nitrogens with one attached hydrogen (secondary N) is 1. The minimum Gasteiger partial charge on any atom is -0.358 e. The molecule has 1 aliphatic rings. The zero-order valence-corrected chi connectivity index (χ0v) is 17.2. The molecule has 0 bridgehead atoms. The molecule has 148 valence electrons. The third-order valence-electron chi connectivity index (χ3n) is 5.05. The van der Waals surface area contributed by atoms with E-state index in [-0.39, 0.29) is 18.5 Å². The van der Waals surface area contributed by atoms with Crippen molar-refractivity contribution in [1.82, 2.24) is 24.8 Å². The van der Waals surface area contributed by atoms with Crippen molar-refractivity contribution >= 4 is 44.4 Å². The number of hydrogen-bond acceptors (Lipinski definition) is 5. The maximum atomic E-state index is 12.9. The van der Waals surface area contributed by atoms with Crippen molar-refractivity contribution in [2.75, 3.05) is 19.6 Å².